The molecule has 1 aromatic heterocycles. The molecule has 0 aromatic carbocycles. The van der Waals surface area contributed by atoms with Crippen LogP contribution in [0.2, 0.25) is 0 Å². The second kappa shape index (κ2) is 8.26. The summed E-state index contributed by atoms with van der Waals surface area (Å²) in [7, 11) is 0. The van der Waals surface area contributed by atoms with E-state index >= 15 is 0 Å². The van der Waals surface area contributed by atoms with Gasteiger partial charge in [-0.15, -0.1) is 10.2 Å². The molecule has 0 aliphatic carbocycles. The van der Waals surface area contributed by atoms with Gasteiger partial charge in [0.2, 0.25) is 5.91 Å². The van der Waals surface area contributed by atoms with Crippen LogP contribution < -0.4 is 11.1 Å². The fourth-order valence-electron chi connectivity index (χ4n) is 1.68. The first-order valence-electron chi connectivity index (χ1n) is 7.12. The van der Waals surface area contributed by atoms with Crippen molar-refractivity contribution in [3.63, 3.8) is 0 Å². The van der Waals surface area contributed by atoms with E-state index in [1.165, 1.54) is 11.8 Å². The molecule has 6 nitrogen and oxygen atoms in total. The maximum atomic E-state index is 12.0. The number of nitrogens with two attached hydrogens (primary N) is 1. The van der Waals surface area contributed by atoms with E-state index in [1.54, 1.807) is 0 Å². The summed E-state index contributed by atoms with van der Waals surface area (Å²) in [6, 6.07) is 0.193. The van der Waals surface area contributed by atoms with Crippen molar-refractivity contribution in [3.05, 3.63) is 5.82 Å². The molecule has 3 N–H and O–H groups in total. The van der Waals surface area contributed by atoms with Gasteiger partial charge in [0.05, 0.1) is 11.8 Å². The molecule has 1 amide bonds. The Hall–Kier alpha value is -1.08. The van der Waals surface area contributed by atoms with E-state index in [9.17, 15) is 4.79 Å². The van der Waals surface area contributed by atoms with Crippen LogP contribution in [-0.2, 0) is 17.9 Å². The van der Waals surface area contributed by atoms with Gasteiger partial charge < -0.3 is 15.6 Å². The fourth-order valence-corrected chi connectivity index (χ4v) is 2.58. The maximum absolute atomic E-state index is 12.0. The first kappa shape index (κ1) is 17.0. The largest absolute Gasteiger partial charge is 0.353 e. The third-order valence-electron chi connectivity index (χ3n) is 3.08. The maximum Gasteiger partial charge on any atom is 0.233 e. The van der Waals surface area contributed by atoms with Gasteiger partial charge in [-0.1, -0.05) is 25.6 Å². The van der Waals surface area contributed by atoms with Crippen molar-refractivity contribution in [1.29, 1.82) is 0 Å². The number of hydrogen-bond acceptors (Lipinski definition) is 5. The Kier molecular flexibility index (Phi) is 7.01. The van der Waals surface area contributed by atoms with Crippen LogP contribution in [-0.4, -0.2) is 32.0 Å². The lowest BCUT2D eigenvalue weighted by Gasteiger charge is -2.16. The second-order valence-corrected chi connectivity index (χ2v) is 6.14. The van der Waals surface area contributed by atoms with Crippen LogP contribution in [0.15, 0.2) is 5.16 Å². The van der Waals surface area contributed by atoms with Crippen LogP contribution >= 0.6 is 11.8 Å². The number of aromatic nitrogens is 3. The molecule has 7 heteroatoms. The van der Waals surface area contributed by atoms with Crippen LogP contribution in [0.3, 0.4) is 0 Å². The molecular weight excluding hydrogens is 274 g/mol. The topological polar surface area (TPSA) is 85.8 Å². The predicted octanol–water partition coefficient (Wildman–Crippen LogP) is 1.54. The number of nitrogens with zero attached hydrogens (tertiary/aromatic N) is 3. The zero-order chi connectivity index (χ0) is 15.1. The number of thioether (sulfide) groups is 1. The molecule has 1 heterocycles. The predicted molar refractivity (Wildman–Crippen MR) is 81.4 cm³/mol. The monoisotopic (exact) mass is 299 g/mol. The number of carbonyl (C=O) groups excluding carboxylic acids is 1. The van der Waals surface area contributed by atoms with Gasteiger partial charge in [-0.05, 0) is 26.7 Å². The van der Waals surface area contributed by atoms with Crippen molar-refractivity contribution in [2.24, 2.45) is 5.73 Å². The normalized spacial score (nSPS) is 14.1. The number of nitrogens with one attached hydrogen (secondary N) is 1. The van der Waals surface area contributed by atoms with Crippen molar-refractivity contribution >= 4 is 17.7 Å². The summed E-state index contributed by atoms with van der Waals surface area (Å²) < 4.78 is 2.00. The molecule has 0 saturated carbocycles. The lowest BCUT2D eigenvalue weighted by atomic mass is 10.2. The van der Waals surface area contributed by atoms with E-state index in [1.807, 2.05) is 25.3 Å². The molecule has 0 aliphatic heterocycles. The third-order valence-corrected chi connectivity index (χ3v) is 4.16. The van der Waals surface area contributed by atoms with Gasteiger partial charge >= 0.3 is 0 Å². The van der Waals surface area contributed by atoms with Crippen molar-refractivity contribution in [3.8, 4) is 0 Å². The van der Waals surface area contributed by atoms with Gasteiger partial charge in [-0.25, -0.2) is 0 Å². The van der Waals surface area contributed by atoms with Crippen molar-refractivity contribution in [1.82, 2.24) is 20.1 Å². The molecule has 2 unspecified atom stereocenters. The fraction of sp³-hybridized carbons (Fsp3) is 0.769. The average Bonchev–Trinajstić information content (AvgIpc) is 2.81. The molecule has 0 aliphatic rings. The summed E-state index contributed by atoms with van der Waals surface area (Å²) in [5.74, 6) is 0.800. The van der Waals surface area contributed by atoms with Crippen LogP contribution in [0.4, 0.5) is 0 Å². The summed E-state index contributed by atoms with van der Waals surface area (Å²) in [6.45, 7) is 9.21. The Balaban J connectivity index is 2.72. The zero-order valence-electron chi connectivity index (χ0n) is 12.7. The van der Waals surface area contributed by atoms with Crippen molar-refractivity contribution in [2.45, 2.75) is 70.1 Å². The molecule has 20 heavy (non-hydrogen) atoms. The zero-order valence-corrected chi connectivity index (χ0v) is 13.5. The van der Waals surface area contributed by atoms with Crippen LogP contribution in [0.25, 0.3) is 0 Å². The van der Waals surface area contributed by atoms with Crippen LogP contribution in [0.1, 0.15) is 46.4 Å². The summed E-state index contributed by atoms with van der Waals surface area (Å²) in [4.78, 5) is 12.0. The summed E-state index contributed by atoms with van der Waals surface area (Å²) in [5, 5.41) is 11.8. The van der Waals surface area contributed by atoms with E-state index in [4.69, 9.17) is 5.73 Å². The number of rotatable bonds is 8. The lowest BCUT2D eigenvalue weighted by molar-refractivity contribution is -0.120. The first-order valence-corrected chi connectivity index (χ1v) is 8.00. The number of amides is 1. The molecule has 114 valence electrons. The van der Waals surface area contributed by atoms with Crippen LogP contribution in [0, 0.1) is 0 Å². The molecule has 2 atom stereocenters. The van der Waals surface area contributed by atoms with Gasteiger partial charge in [0.1, 0.15) is 5.82 Å². The summed E-state index contributed by atoms with van der Waals surface area (Å²) in [5.41, 5.74) is 5.66. The minimum Gasteiger partial charge on any atom is -0.353 e. The number of carbonyl (C=O) groups is 1. The quantitative estimate of drug-likeness (QED) is 0.711. The Labute approximate surface area is 124 Å². The Morgan fingerprint density at radius 3 is 2.65 bits per heavy atom. The minimum absolute atomic E-state index is 0.0321. The van der Waals surface area contributed by atoms with Gasteiger partial charge in [-0.3, -0.25) is 4.79 Å². The Bertz CT molecular complexity index is 434. The molecular formula is C13H25N5OS. The summed E-state index contributed by atoms with van der Waals surface area (Å²) >= 11 is 1.43. The van der Waals surface area contributed by atoms with Gasteiger partial charge in [0, 0.05) is 12.6 Å². The standard InChI is InChI=1S/C13H25N5OS/c1-5-7-18-11(8-14)16-17-13(18)20-10(4)12(19)15-9(3)6-2/h9-10H,5-8,14H2,1-4H3,(H,15,19). The third kappa shape index (κ3) is 4.49. The highest BCUT2D eigenvalue weighted by atomic mass is 32.2. The first-order chi connectivity index (χ1) is 9.53. The molecule has 1 rings (SSSR count). The second-order valence-electron chi connectivity index (χ2n) is 4.83. The number of hydrogen-bond donors (Lipinski definition) is 2. The average molecular weight is 299 g/mol. The van der Waals surface area contributed by atoms with E-state index in [2.05, 4.69) is 22.4 Å². The highest BCUT2D eigenvalue weighted by Crippen LogP contribution is 2.22. The van der Waals surface area contributed by atoms with Crippen molar-refractivity contribution < 1.29 is 4.79 Å². The minimum atomic E-state index is -0.200. The molecule has 1 aromatic rings. The van der Waals surface area contributed by atoms with Gasteiger partial charge in [0.25, 0.3) is 0 Å². The Morgan fingerprint density at radius 2 is 2.10 bits per heavy atom. The molecule has 0 spiro atoms. The van der Waals surface area contributed by atoms with Gasteiger partial charge in [-0.2, -0.15) is 0 Å². The van der Waals surface area contributed by atoms with Crippen LogP contribution in [0.5, 0.6) is 0 Å². The smallest absolute Gasteiger partial charge is 0.233 e. The van der Waals surface area contributed by atoms with Gasteiger partial charge in [0.15, 0.2) is 5.16 Å². The Morgan fingerprint density at radius 1 is 1.40 bits per heavy atom. The van der Waals surface area contributed by atoms with E-state index in [0.717, 1.165) is 30.4 Å². The molecule has 0 fully saturated rings. The molecule has 0 saturated heterocycles. The van der Waals surface area contributed by atoms with E-state index in [0.29, 0.717) is 6.54 Å². The van der Waals surface area contributed by atoms with Crippen molar-refractivity contribution in [2.75, 3.05) is 0 Å². The summed E-state index contributed by atoms with van der Waals surface area (Å²) in [6.07, 6.45) is 1.90. The van der Waals surface area contributed by atoms with E-state index in [-0.39, 0.29) is 17.2 Å². The molecule has 0 bridgehead atoms. The highest BCUT2D eigenvalue weighted by Gasteiger charge is 2.20. The molecule has 0 radical (unpaired) electrons. The van der Waals surface area contributed by atoms with E-state index < -0.39 is 0 Å². The highest BCUT2D eigenvalue weighted by molar-refractivity contribution is 8.00. The lowest BCUT2D eigenvalue weighted by Crippen LogP contribution is -2.37. The SMILES string of the molecule is CCCn1c(CN)nnc1SC(C)C(=O)NC(C)CC.